The zero-order valence-electron chi connectivity index (χ0n) is 9.19. The van der Waals surface area contributed by atoms with Gasteiger partial charge in [-0.1, -0.05) is 6.42 Å². The van der Waals surface area contributed by atoms with Crippen LogP contribution in [-0.4, -0.2) is 16.5 Å². The maximum Gasteiger partial charge on any atom is 0.0885 e. The topological polar surface area (TPSA) is 37.8 Å². The van der Waals surface area contributed by atoms with Crippen LogP contribution >= 0.6 is 0 Å². The average Bonchev–Trinajstić information content (AvgIpc) is 2.39. The van der Waals surface area contributed by atoms with Crippen LogP contribution in [-0.2, 0) is 0 Å². The van der Waals surface area contributed by atoms with E-state index in [4.69, 9.17) is 0 Å². The number of hydrogen-bond acceptors (Lipinski definition) is 3. The molecule has 16 heavy (non-hydrogen) atoms. The van der Waals surface area contributed by atoms with E-state index in [9.17, 15) is 0 Å². The van der Waals surface area contributed by atoms with Gasteiger partial charge in [0.25, 0.3) is 0 Å². The Labute approximate surface area is 94.9 Å². The first-order valence-electron chi connectivity index (χ1n) is 5.86. The molecule has 0 aromatic carbocycles. The molecule has 2 aromatic rings. The predicted molar refractivity (Wildman–Crippen MR) is 64.1 cm³/mol. The fourth-order valence-electron chi connectivity index (χ4n) is 2.31. The quantitative estimate of drug-likeness (QED) is 0.790. The number of hydrogen-bond donors (Lipinski definition) is 1. The summed E-state index contributed by atoms with van der Waals surface area (Å²) in [6.07, 6.45) is 9.44. The highest BCUT2D eigenvalue weighted by atomic mass is 14.9. The summed E-state index contributed by atoms with van der Waals surface area (Å²) in [4.78, 5) is 8.53. The van der Waals surface area contributed by atoms with Gasteiger partial charge in [-0.25, -0.2) is 0 Å². The first-order valence-corrected chi connectivity index (χ1v) is 5.86. The van der Waals surface area contributed by atoms with E-state index in [1.165, 1.54) is 30.2 Å². The van der Waals surface area contributed by atoms with E-state index >= 15 is 0 Å². The van der Waals surface area contributed by atoms with E-state index in [0.29, 0.717) is 6.04 Å². The molecule has 1 unspecified atom stereocenters. The minimum Gasteiger partial charge on any atom is -0.310 e. The molecule has 1 N–H and O–H groups in total. The molecule has 3 rings (SSSR count). The van der Waals surface area contributed by atoms with Crippen LogP contribution in [0.1, 0.15) is 30.9 Å². The van der Waals surface area contributed by atoms with E-state index in [1.54, 1.807) is 0 Å². The number of fused-ring (bicyclic) bond motifs is 1. The van der Waals surface area contributed by atoms with Crippen LogP contribution in [0.2, 0.25) is 0 Å². The lowest BCUT2D eigenvalue weighted by molar-refractivity contribution is 0.412. The van der Waals surface area contributed by atoms with Crippen molar-refractivity contribution in [2.75, 3.05) is 6.54 Å². The molecule has 0 saturated carbocycles. The average molecular weight is 213 g/mol. The lowest BCUT2D eigenvalue weighted by Gasteiger charge is -2.23. The first-order chi connectivity index (χ1) is 7.93. The van der Waals surface area contributed by atoms with E-state index in [2.05, 4.69) is 21.4 Å². The SMILES string of the molecule is c1cc2cc(C3CCCCN3)cnc2cn1. The van der Waals surface area contributed by atoms with Crippen LogP contribution in [0.3, 0.4) is 0 Å². The van der Waals surface area contributed by atoms with Crippen LogP contribution in [0.25, 0.3) is 10.9 Å². The van der Waals surface area contributed by atoms with Crippen molar-refractivity contribution >= 4 is 10.9 Å². The van der Waals surface area contributed by atoms with Crippen LogP contribution in [0.5, 0.6) is 0 Å². The Morgan fingerprint density at radius 2 is 2.25 bits per heavy atom. The van der Waals surface area contributed by atoms with Gasteiger partial charge < -0.3 is 5.32 Å². The van der Waals surface area contributed by atoms with Crippen molar-refractivity contribution in [3.8, 4) is 0 Å². The molecule has 0 amide bonds. The highest BCUT2D eigenvalue weighted by Crippen LogP contribution is 2.24. The standard InChI is InChI=1S/C13H15N3/c1-2-5-15-12(3-1)11-7-10-4-6-14-9-13(10)16-8-11/h4,6-9,12,15H,1-3,5H2. The van der Waals surface area contributed by atoms with Gasteiger partial charge in [0.1, 0.15) is 0 Å². The minimum atomic E-state index is 0.485. The summed E-state index contributed by atoms with van der Waals surface area (Å²) >= 11 is 0. The number of aromatic nitrogens is 2. The summed E-state index contributed by atoms with van der Waals surface area (Å²) in [5.41, 5.74) is 2.28. The van der Waals surface area contributed by atoms with Gasteiger partial charge in [0.2, 0.25) is 0 Å². The molecular formula is C13H15N3. The predicted octanol–water partition coefficient (Wildman–Crippen LogP) is 2.44. The van der Waals surface area contributed by atoms with E-state index in [1.807, 2.05) is 24.7 Å². The number of pyridine rings is 2. The third kappa shape index (κ3) is 1.78. The Balaban J connectivity index is 1.97. The Hall–Kier alpha value is -1.48. The second-order valence-electron chi connectivity index (χ2n) is 4.34. The van der Waals surface area contributed by atoms with E-state index in [-0.39, 0.29) is 0 Å². The molecule has 3 heterocycles. The molecule has 2 aromatic heterocycles. The Morgan fingerprint density at radius 1 is 1.25 bits per heavy atom. The lowest BCUT2D eigenvalue weighted by atomic mass is 9.98. The van der Waals surface area contributed by atoms with Crippen molar-refractivity contribution in [3.63, 3.8) is 0 Å². The van der Waals surface area contributed by atoms with Crippen LogP contribution < -0.4 is 5.32 Å². The summed E-state index contributed by atoms with van der Waals surface area (Å²) in [5, 5.41) is 4.72. The lowest BCUT2D eigenvalue weighted by Crippen LogP contribution is -2.26. The van der Waals surface area contributed by atoms with E-state index in [0.717, 1.165) is 12.1 Å². The molecule has 1 fully saturated rings. The number of rotatable bonds is 1. The summed E-state index contributed by atoms with van der Waals surface area (Å²) in [7, 11) is 0. The second kappa shape index (κ2) is 4.18. The molecular weight excluding hydrogens is 198 g/mol. The number of nitrogens with zero attached hydrogens (tertiary/aromatic N) is 2. The largest absolute Gasteiger partial charge is 0.310 e. The first kappa shape index (κ1) is 9.73. The highest BCUT2D eigenvalue weighted by Gasteiger charge is 2.14. The summed E-state index contributed by atoms with van der Waals surface area (Å²) < 4.78 is 0. The summed E-state index contributed by atoms with van der Waals surface area (Å²) in [6.45, 7) is 1.12. The van der Waals surface area contributed by atoms with Gasteiger partial charge in [-0.2, -0.15) is 0 Å². The van der Waals surface area contributed by atoms with Gasteiger partial charge in [0, 0.05) is 23.8 Å². The van der Waals surface area contributed by atoms with Crippen LogP contribution in [0, 0.1) is 0 Å². The fourth-order valence-corrected chi connectivity index (χ4v) is 2.31. The molecule has 0 aliphatic carbocycles. The third-order valence-electron chi connectivity index (χ3n) is 3.22. The maximum absolute atomic E-state index is 4.45. The molecule has 0 spiro atoms. The van der Waals surface area contributed by atoms with Crippen LogP contribution in [0.4, 0.5) is 0 Å². The highest BCUT2D eigenvalue weighted by molar-refractivity contribution is 5.77. The Bertz CT molecular complexity index is 489. The van der Waals surface area contributed by atoms with Crippen LogP contribution in [0.15, 0.2) is 30.7 Å². The van der Waals surface area contributed by atoms with Gasteiger partial charge in [0.15, 0.2) is 0 Å². The molecule has 0 radical (unpaired) electrons. The molecule has 1 atom stereocenters. The molecule has 82 valence electrons. The van der Waals surface area contributed by atoms with Gasteiger partial charge in [-0.05, 0) is 37.1 Å². The van der Waals surface area contributed by atoms with E-state index < -0.39 is 0 Å². The van der Waals surface area contributed by atoms with Gasteiger partial charge in [0.05, 0.1) is 11.7 Å². The Kier molecular flexibility index (Phi) is 2.54. The Morgan fingerprint density at radius 3 is 3.12 bits per heavy atom. The van der Waals surface area contributed by atoms with Crippen molar-refractivity contribution in [1.82, 2.24) is 15.3 Å². The molecule has 1 aliphatic rings. The second-order valence-corrected chi connectivity index (χ2v) is 4.34. The van der Waals surface area contributed by atoms with Gasteiger partial charge in [-0.15, -0.1) is 0 Å². The fraction of sp³-hybridized carbons (Fsp3) is 0.385. The van der Waals surface area contributed by atoms with Gasteiger partial charge >= 0.3 is 0 Å². The number of piperidine rings is 1. The molecule has 0 bridgehead atoms. The number of nitrogens with one attached hydrogen (secondary N) is 1. The zero-order valence-corrected chi connectivity index (χ0v) is 9.19. The maximum atomic E-state index is 4.45. The molecule has 3 nitrogen and oxygen atoms in total. The molecule has 1 saturated heterocycles. The zero-order chi connectivity index (χ0) is 10.8. The summed E-state index contributed by atoms with van der Waals surface area (Å²) in [6, 6.07) is 4.74. The van der Waals surface area contributed by atoms with Crippen molar-refractivity contribution < 1.29 is 0 Å². The van der Waals surface area contributed by atoms with Crippen molar-refractivity contribution in [2.24, 2.45) is 0 Å². The normalized spacial score (nSPS) is 21.1. The summed E-state index contributed by atoms with van der Waals surface area (Å²) in [5.74, 6) is 0. The van der Waals surface area contributed by atoms with Crippen molar-refractivity contribution in [2.45, 2.75) is 25.3 Å². The monoisotopic (exact) mass is 213 g/mol. The third-order valence-corrected chi connectivity index (χ3v) is 3.22. The molecule has 1 aliphatic heterocycles. The van der Waals surface area contributed by atoms with Crippen molar-refractivity contribution in [1.29, 1.82) is 0 Å². The smallest absolute Gasteiger partial charge is 0.0885 e. The minimum absolute atomic E-state index is 0.485. The molecule has 3 heteroatoms. The van der Waals surface area contributed by atoms with Gasteiger partial charge in [-0.3, -0.25) is 9.97 Å². The van der Waals surface area contributed by atoms with Crippen molar-refractivity contribution in [3.05, 3.63) is 36.3 Å².